The Balaban J connectivity index is 0.741. The van der Waals surface area contributed by atoms with E-state index in [4.69, 9.17) is 63.5 Å². The van der Waals surface area contributed by atoms with Crippen molar-refractivity contribution in [1.82, 2.24) is 73.1 Å². The molecule has 4 aliphatic rings. The van der Waals surface area contributed by atoms with E-state index in [1.165, 1.54) is 17.9 Å². The second-order valence-electron chi connectivity index (χ2n) is 21.3. The number of phosphoric ester groups is 4. The molecule has 528 valence electrons. The first-order chi connectivity index (χ1) is 45.6. The second kappa shape index (κ2) is 26.4. The molecular weight excluding hydrogens is 1420 g/mol. The van der Waals surface area contributed by atoms with Crippen LogP contribution in [0.4, 0.5) is 17.7 Å². The number of nitrogens with two attached hydrogens (primary N) is 3. The maximum absolute atomic E-state index is 14.1. The van der Waals surface area contributed by atoms with Crippen molar-refractivity contribution in [3.05, 3.63) is 69.0 Å². The lowest BCUT2D eigenvalue weighted by Crippen LogP contribution is -2.46. The fourth-order valence-corrected chi connectivity index (χ4v) is 16.1. The highest BCUT2D eigenvalue weighted by Crippen LogP contribution is 2.63. The van der Waals surface area contributed by atoms with Gasteiger partial charge in [0.2, 0.25) is 23.6 Å². The van der Waals surface area contributed by atoms with Gasteiger partial charge in [0, 0.05) is 7.11 Å². The van der Waals surface area contributed by atoms with Crippen LogP contribution < -0.4 is 62.9 Å². The van der Waals surface area contributed by atoms with Crippen LogP contribution in [-0.4, -0.2) is 205 Å². The fraction of sp³-hybridized carbons (Fsp3) is 0.524. The number of aryl methyl sites for hydroxylation is 1. The fourth-order valence-electron chi connectivity index (χ4n) is 10.9. The second-order valence-corrected chi connectivity index (χ2v) is 28.5. The molecule has 0 bridgehead atoms. The number of fused-ring (bicyclic) bond motifs is 4. The lowest BCUT2D eigenvalue weighted by atomic mass is 10.1. The molecule has 4 aliphatic heterocycles. The van der Waals surface area contributed by atoms with Gasteiger partial charge in [-0.3, -0.25) is 70.4 Å². The number of aromatic nitrogens is 16. The maximum atomic E-state index is 14.1. The van der Waals surface area contributed by atoms with Gasteiger partial charge in [-0.15, -0.1) is 0 Å². The van der Waals surface area contributed by atoms with Crippen LogP contribution in [0.1, 0.15) is 24.9 Å². The Hall–Kier alpha value is -6.77. The number of imidazole rings is 4. The Morgan fingerprint density at radius 2 is 1.02 bits per heavy atom. The molecule has 12 rings (SSSR count). The van der Waals surface area contributed by atoms with Crippen LogP contribution in [0.3, 0.4) is 0 Å². The van der Waals surface area contributed by atoms with Gasteiger partial charge in [-0.05, 0) is 0 Å². The van der Waals surface area contributed by atoms with Crippen molar-refractivity contribution in [3.8, 4) is 0 Å². The molecule has 21 unspecified atom stereocenters. The first kappa shape index (κ1) is 70.1. The van der Waals surface area contributed by atoms with E-state index in [1.54, 1.807) is 0 Å². The molecule has 50 nitrogen and oxygen atoms in total. The third-order valence-electron chi connectivity index (χ3n) is 15.1. The number of aliphatic hydroxyl groups is 5. The van der Waals surface area contributed by atoms with E-state index >= 15 is 0 Å². The van der Waals surface area contributed by atoms with Gasteiger partial charge in [0.25, 0.3) is 55.8 Å². The monoisotopic (exact) mass is 1470 g/mol. The zero-order valence-electron chi connectivity index (χ0n) is 48.7. The molecule has 0 saturated carbocycles. The van der Waals surface area contributed by atoms with Crippen molar-refractivity contribution >= 4 is 101 Å². The van der Waals surface area contributed by atoms with Crippen LogP contribution in [-0.2, 0) is 89.3 Å². The van der Waals surface area contributed by atoms with Gasteiger partial charge in [-0.25, -0.2) is 38.1 Å². The van der Waals surface area contributed by atoms with Crippen LogP contribution in [0, 0.1) is 0 Å². The number of rotatable bonds is 25. The van der Waals surface area contributed by atoms with E-state index in [-0.39, 0.29) is 50.9 Å². The molecule has 12 heterocycles. The number of H-pyrrole nitrogens is 3. The van der Waals surface area contributed by atoms with Crippen molar-refractivity contribution in [1.29, 1.82) is 0 Å². The highest BCUT2D eigenvalue weighted by Gasteiger charge is 2.53. The molecule has 0 aliphatic carbocycles. The largest absolute Gasteiger partial charge is 0.756 e. The SMILES string of the molecule is COC1C(OP(=O)([O-])OCC2OC(n3cnc4c(=O)[nH]c(N)nc43)C(O)C2OP(=O)([O-])OCC2OC(n3cnc4c(=O)[nH]c(N)nc43)C(O)C2O)C(COP(=O)([O-])OP(=O)([O-])OP(=O)([O-])OCC2OC([n+]3cn(C)c4c(=O)[nH]cnc43)C(O)C2O)OC1n1cnc2c(N)ncnc21. The number of ether oxygens (including phenoxy) is 5. The topological polar surface area (TPSA) is 725 Å². The van der Waals surface area contributed by atoms with Crippen LogP contribution in [0.25, 0.3) is 44.7 Å². The number of nitrogens with zero attached hydrogens (tertiary/aromatic N) is 13. The number of hydrogen-bond donors (Lipinski definition) is 11. The van der Waals surface area contributed by atoms with Crippen molar-refractivity contribution in [2.45, 2.75) is 98.2 Å². The van der Waals surface area contributed by atoms with Crippen molar-refractivity contribution < 1.29 is 137 Å². The molecule has 8 aromatic heterocycles. The Morgan fingerprint density at radius 1 is 0.546 bits per heavy atom. The number of aliphatic hydroxyl groups excluding tert-OH is 5. The minimum Gasteiger partial charge on any atom is -0.756 e. The Kier molecular flexibility index (Phi) is 19.1. The highest BCUT2D eigenvalue weighted by atomic mass is 31.3. The molecule has 4 fully saturated rings. The van der Waals surface area contributed by atoms with Gasteiger partial charge in [0.15, 0.2) is 65.1 Å². The Morgan fingerprint density at radius 3 is 1.60 bits per heavy atom. The third kappa shape index (κ3) is 14.0. The van der Waals surface area contributed by atoms with Gasteiger partial charge < -0.3 is 118 Å². The van der Waals surface area contributed by atoms with Crippen LogP contribution in [0.5, 0.6) is 0 Å². The van der Waals surface area contributed by atoms with E-state index in [9.17, 15) is 87.2 Å². The lowest BCUT2D eigenvalue weighted by Gasteiger charge is -2.35. The van der Waals surface area contributed by atoms with Crippen molar-refractivity contribution in [3.63, 3.8) is 0 Å². The molecule has 0 amide bonds. The summed E-state index contributed by atoms with van der Waals surface area (Å²) >= 11 is 0. The number of anilines is 3. The predicted molar refractivity (Wildman–Crippen MR) is 297 cm³/mol. The summed E-state index contributed by atoms with van der Waals surface area (Å²) in [6, 6.07) is 0. The molecule has 0 spiro atoms. The predicted octanol–water partition coefficient (Wildman–Crippen LogP) is -8.98. The number of aromatic amines is 3. The first-order valence-electron chi connectivity index (χ1n) is 27.4. The van der Waals surface area contributed by atoms with Gasteiger partial charge >= 0.3 is 5.65 Å². The number of nitrogen functional groups attached to an aromatic ring is 3. The van der Waals surface area contributed by atoms with Gasteiger partial charge in [0.1, 0.15) is 85.1 Å². The summed E-state index contributed by atoms with van der Waals surface area (Å²) in [5.74, 6) is -1.04. The van der Waals surface area contributed by atoms with Gasteiger partial charge in [-0.2, -0.15) is 9.97 Å². The number of nitrogens with one attached hydrogen (secondary N) is 3. The Bertz CT molecular complexity index is 4760. The number of methoxy groups -OCH3 is 1. The van der Waals surface area contributed by atoms with Gasteiger partial charge in [0.05, 0.1) is 52.5 Å². The quantitative estimate of drug-likeness (QED) is 0.0187. The molecule has 55 heteroatoms. The molecule has 8 aromatic rings. The zero-order valence-corrected chi connectivity index (χ0v) is 53.1. The summed E-state index contributed by atoms with van der Waals surface area (Å²) in [5, 5.41) is 55.2. The minimum absolute atomic E-state index is 0.00873. The Labute approximate surface area is 535 Å². The molecule has 14 N–H and O–H groups in total. The van der Waals surface area contributed by atoms with E-state index < -0.39 is 192 Å². The number of phosphoric acid groups is 5. The lowest BCUT2D eigenvalue weighted by molar-refractivity contribution is -0.745. The standard InChI is InChI=1S/C42H54N19O31P5/c1-57-12-61(33-20(57)36(69)49-8-48-33)38-24(65)22(63)14(86-38)4-83-95(74,75)91-97(78,79)92-96(76,77)84-6-16-27(28(80-2)40(88-16)58-9-50-17-29(43)46-7-47-30(17)58)90-94(72,73)82-5-15-26(25(66)39(87-15)60-11-52-19-32(60)54-42(45)56-35(19)68)89-93(70,71)81-3-13-21(62)23(64)37(85-13)59-10-51-18-31(59)53-41(44)55-34(18)67/h7-16,21-28,37-40,62-66H,3-6H2,1-2H3,(H13-,43,44,45,46,47,48,49,53,54,55,56,67,68,69,70,71,72,73,74,75,76,77,78,79)/p-4. The molecule has 97 heavy (non-hydrogen) atoms. The van der Waals surface area contributed by atoms with Crippen molar-refractivity contribution in [2.75, 3.05) is 50.7 Å². The van der Waals surface area contributed by atoms with E-state index in [0.29, 0.717) is 0 Å². The van der Waals surface area contributed by atoms with E-state index in [2.05, 4.69) is 68.0 Å². The normalized spacial score (nSPS) is 30.9. The molecule has 4 saturated heterocycles. The highest BCUT2D eigenvalue weighted by molar-refractivity contribution is 7.65. The minimum atomic E-state index is -6.70. The average Bonchev–Trinajstić information content (AvgIpc) is 1.63. The summed E-state index contributed by atoms with van der Waals surface area (Å²) in [4.78, 5) is 143. The zero-order chi connectivity index (χ0) is 69.7. The summed E-state index contributed by atoms with van der Waals surface area (Å²) in [5.41, 5.74) is 13.6. The third-order valence-corrected chi connectivity index (χ3v) is 21.2. The molecule has 0 radical (unpaired) electrons. The summed E-state index contributed by atoms with van der Waals surface area (Å²) < 4.78 is 139. The van der Waals surface area contributed by atoms with E-state index in [1.807, 2.05) is 0 Å². The van der Waals surface area contributed by atoms with Crippen LogP contribution >= 0.6 is 39.1 Å². The maximum Gasteiger partial charge on any atom is 0.311 e. The summed E-state index contributed by atoms with van der Waals surface area (Å²) in [6.07, 6.45) is -24.5. The average molecular weight is 1470 g/mol. The van der Waals surface area contributed by atoms with Crippen LogP contribution in [0.2, 0.25) is 0 Å². The molecule has 21 atom stereocenters. The first-order valence-corrected chi connectivity index (χ1v) is 34.7. The van der Waals surface area contributed by atoms with Crippen molar-refractivity contribution in [2.24, 2.45) is 7.05 Å². The number of hydrogen-bond acceptors (Lipinski definition) is 42. The smallest absolute Gasteiger partial charge is 0.311 e. The van der Waals surface area contributed by atoms with Crippen LogP contribution in [0.15, 0.2) is 52.3 Å². The molecule has 0 aromatic carbocycles. The van der Waals surface area contributed by atoms with E-state index in [0.717, 1.165) is 57.0 Å². The summed E-state index contributed by atoms with van der Waals surface area (Å²) in [7, 11) is -29.0. The van der Waals surface area contributed by atoms with Gasteiger partial charge in [-0.1, -0.05) is 4.98 Å². The summed E-state index contributed by atoms with van der Waals surface area (Å²) in [6.45, 7) is -5.38. The molecular formula is C42H50N19O31P5-4.